The molecule has 1 heterocycles. The second-order valence-electron chi connectivity index (χ2n) is 6.27. The minimum atomic E-state index is -3.48. The first-order chi connectivity index (χ1) is 11.0. The van der Waals surface area contributed by atoms with E-state index in [0.29, 0.717) is 16.2 Å². The zero-order chi connectivity index (χ0) is 16.4. The molecule has 2 aromatic rings. The van der Waals surface area contributed by atoms with Gasteiger partial charge in [0.15, 0.2) is 5.76 Å². The summed E-state index contributed by atoms with van der Waals surface area (Å²) < 4.78 is 33.3. The molecule has 1 aromatic carbocycles. The van der Waals surface area contributed by atoms with Crippen LogP contribution in [0.15, 0.2) is 33.7 Å². The topological polar surface area (TPSA) is 72.2 Å². The van der Waals surface area contributed by atoms with Crippen molar-refractivity contribution in [2.45, 2.75) is 56.9 Å². The lowest BCUT2D eigenvalue weighted by Crippen LogP contribution is -2.36. The quantitative estimate of drug-likeness (QED) is 0.928. The van der Waals surface area contributed by atoms with Gasteiger partial charge in [-0.05, 0) is 50.5 Å². The maximum Gasteiger partial charge on any atom is 0.241 e. The van der Waals surface area contributed by atoms with Gasteiger partial charge in [0.05, 0.1) is 10.6 Å². The number of hydrogen-bond donors (Lipinski definition) is 1. The number of rotatable bonds is 4. The summed E-state index contributed by atoms with van der Waals surface area (Å²) in [5, 5.41) is 3.87. The molecule has 1 aliphatic carbocycles. The highest BCUT2D eigenvalue weighted by atomic mass is 32.2. The lowest BCUT2D eigenvalue weighted by atomic mass is 9.96. The van der Waals surface area contributed by atoms with Gasteiger partial charge in [-0.25, -0.2) is 13.1 Å². The minimum absolute atomic E-state index is 0.0600. The molecule has 3 rings (SSSR count). The molecule has 0 aliphatic heterocycles. The van der Waals surface area contributed by atoms with E-state index in [9.17, 15) is 8.42 Å². The van der Waals surface area contributed by atoms with E-state index in [1.165, 1.54) is 6.42 Å². The fourth-order valence-electron chi connectivity index (χ4n) is 3.11. The molecular weight excluding hydrogens is 312 g/mol. The number of hydrogen-bond acceptors (Lipinski definition) is 4. The highest BCUT2D eigenvalue weighted by Gasteiger charge is 2.23. The van der Waals surface area contributed by atoms with Crippen molar-refractivity contribution in [3.63, 3.8) is 0 Å². The van der Waals surface area contributed by atoms with Gasteiger partial charge in [0.1, 0.15) is 0 Å². The number of aryl methyl sites for hydroxylation is 2. The summed E-state index contributed by atoms with van der Waals surface area (Å²) in [5.41, 5.74) is 2.34. The normalized spacial score (nSPS) is 16.6. The van der Waals surface area contributed by atoms with Crippen LogP contribution in [-0.4, -0.2) is 19.6 Å². The Hall–Kier alpha value is -1.66. The van der Waals surface area contributed by atoms with Crippen molar-refractivity contribution < 1.29 is 12.9 Å². The Labute approximate surface area is 137 Å². The van der Waals surface area contributed by atoms with Crippen LogP contribution < -0.4 is 4.72 Å². The van der Waals surface area contributed by atoms with Crippen LogP contribution in [0.2, 0.25) is 0 Å². The summed E-state index contributed by atoms with van der Waals surface area (Å²) in [7, 11) is -3.48. The largest absolute Gasteiger partial charge is 0.356 e. The van der Waals surface area contributed by atoms with E-state index < -0.39 is 10.0 Å². The van der Waals surface area contributed by atoms with E-state index in [1.807, 2.05) is 26.0 Å². The molecule has 1 N–H and O–H groups in total. The molecule has 5 nitrogen and oxygen atoms in total. The molecule has 1 saturated carbocycles. The van der Waals surface area contributed by atoms with Crippen LogP contribution in [0.25, 0.3) is 11.3 Å². The molecule has 0 radical (unpaired) electrons. The van der Waals surface area contributed by atoms with E-state index in [4.69, 9.17) is 4.52 Å². The van der Waals surface area contributed by atoms with Gasteiger partial charge in [-0.1, -0.05) is 24.4 Å². The van der Waals surface area contributed by atoms with Gasteiger partial charge in [-0.15, -0.1) is 0 Å². The van der Waals surface area contributed by atoms with Crippen molar-refractivity contribution in [3.05, 3.63) is 35.5 Å². The smallest absolute Gasteiger partial charge is 0.241 e. The fourth-order valence-corrected chi connectivity index (χ4v) is 4.64. The van der Waals surface area contributed by atoms with E-state index in [1.54, 1.807) is 12.1 Å². The summed E-state index contributed by atoms with van der Waals surface area (Å²) >= 11 is 0. The second-order valence-corrected chi connectivity index (χ2v) is 7.95. The van der Waals surface area contributed by atoms with Gasteiger partial charge in [-0.3, -0.25) is 0 Å². The van der Waals surface area contributed by atoms with E-state index in [2.05, 4.69) is 9.88 Å². The molecule has 1 fully saturated rings. The molecule has 0 saturated heterocycles. The van der Waals surface area contributed by atoms with Crippen molar-refractivity contribution in [1.29, 1.82) is 0 Å². The predicted molar refractivity (Wildman–Crippen MR) is 88.6 cm³/mol. The van der Waals surface area contributed by atoms with E-state index in [0.717, 1.165) is 36.9 Å². The molecule has 6 heteroatoms. The van der Waals surface area contributed by atoms with Crippen LogP contribution in [-0.2, 0) is 10.0 Å². The Morgan fingerprint density at radius 2 is 1.87 bits per heavy atom. The Balaban J connectivity index is 1.84. The maximum atomic E-state index is 12.6. The van der Waals surface area contributed by atoms with Crippen LogP contribution in [0, 0.1) is 13.8 Å². The number of aromatic nitrogens is 1. The average Bonchev–Trinajstić information content (AvgIpc) is 2.94. The third-order valence-corrected chi connectivity index (χ3v) is 5.98. The van der Waals surface area contributed by atoms with Crippen molar-refractivity contribution in [3.8, 4) is 11.3 Å². The molecule has 0 amide bonds. The summed E-state index contributed by atoms with van der Waals surface area (Å²) in [6, 6.07) is 7.14. The number of benzene rings is 1. The van der Waals surface area contributed by atoms with Crippen molar-refractivity contribution in [2.24, 2.45) is 0 Å². The van der Waals surface area contributed by atoms with Gasteiger partial charge in [0.25, 0.3) is 0 Å². The highest BCUT2D eigenvalue weighted by Crippen LogP contribution is 2.26. The fraction of sp³-hybridized carbons (Fsp3) is 0.471. The SMILES string of the molecule is Cc1cc(-c2ccc(S(=O)(=O)NC3CCCCC3)c(C)c2)on1. The molecule has 0 unspecified atom stereocenters. The number of nitrogens with one attached hydrogen (secondary N) is 1. The molecule has 23 heavy (non-hydrogen) atoms. The summed E-state index contributed by atoms with van der Waals surface area (Å²) in [6.07, 6.45) is 5.23. The molecule has 0 spiro atoms. The first kappa shape index (κ1) is 16.2. The van der Waals surface area contributed by atoms with Gasteiger partial charge in [0, 0.05) is 17.7 Å². The summed E-state index contributed by atoms with van der Waals surface area (Å²) in [4.78, 5) is 0.336. The molecule has 0 bridgehead atoms. The zero-order valence-electron chi connectivity index (χ0n) is 13.5. The average molecular weight is 334 g/mol. The number of sulfonamides is 1. The standard InChI is InChI=1S/C17H22N2O3S/c1-12-10-14(16-11-13(2)18-22-16)8-9-17(12)23(20,21)19-15-6-4-3-5-7-15/h8-11,15,19H,3-7H2,1-2H3. The Morgan fingerprint density at radius 3 is 2.48 bits per heavy atom. The lowest BCUT2D eigenvalue weighted by Gasteiger charge is -2.23. The van der Waals surface area contributed by atoms with Gasteiger partial charge >= 0.3 is 0 Å². The van der Waals surface area contributed by atoms with Crippen molar-refractivity contribution >= 4 is 10.0 Å². The third-order valence-electron chi connectivity index (χ3n) is 4.30. The van der Waals surface area contributed by atoms with Crippen LogP contribution in [0.1, 0.15) is 43.4 Å². The van der Waals surface area contributed by atoms with Gasteiger partial charge < -0.3 is 4.52 Å². The monoisotopic (exact) mass is 334 g/mol. The number of nitrogens with zero attached hydrogens (tertiary/aromatic N) is 1. The third kappa shape index (κ3) is 3.64. The van der Waals surface area contributed by atoms with E-state index in [-0.39, 0.29) is 6.04 Å². The lowest BCUT2D eigenvalue weighted by molar-refractivity contribution is 0.412. The predicted octanol–water partition coefficient (Wildman–Crippen LogP) is 3.57. The maximum absolute atomic E-state index is 12.6. The van der Waals surface area contributed by atoms with Gasteiger partial charge in [0.2, 0.25) is 10.0 Å². The van der Waals surface area contributed by atoms with Crippen LogP contribution in [0.4, 0.5) is 0 Å². The Bertz CT molecular complexity index is 790. The molecule has 1 aromatic heterocycles. The molecular formula is C17H22N2O3S. The highest BCUT2D eigenvalue weighted by molar-refractivity contribution is 7.89. The van der Waals surface area contributed by atoms with Crippen LogP contribution in [0.3, 0.4) is 0 Å². The van der Waals surface area contributed by atoms with Crippen molar-refractivity contribution in [2.75, 3.05) is 0 Å². The van der Waals surface area contributed by atoms with E-state index >= 15 is 0 Å². The van der Waals surface area contributed by atoms with Crippen molar-refractivity contribution in [1.82, 2.24) is 9.88 Å². The molecule has 124 valence electrons. The summed E-state index contributed by atoms with van der Waals surface area (Å²) in [6.45, 7) is 3.66. The first-order valence-corrected chi connectivity index (χ1v) is 9.51. The molecule has 0 atom stereocenters. The van der Waals surface area contributed by atoms with Gasteiger partial charge in [-0.2, -0.15) is 0 Å². The minimum Gasteiger partial charge on any atom is -0.356 e. The zero-order valence-corrected chi connectivity index (χ0v) is 14.3. The molecule has 1 aliphatic rings. The Kier molecular flexibility index (Phi) is 4.55. The Morgan fingerprint density at radius 1 is 1.13 bits per heavy atom. The first-order valence-electron chi connectivity index (χ1n) is 8.02. The second kappa shape index (κ2) is 6.45. The summed E-state index contributed by atoms with van der Waals surface area (Å²) in [5.74, 6) is 0.648. The van der Waals surface area contributed by atoms with Crippen LogP contribution >= 0.6 is 0 Å². The van der Waals surface area contributed by atoms with Crippen LogP contribution in [0.5, 0.6) is 0 Å².